The molecule has 0 fully saturated rings. The second-order valence-electron chi connectivity index (χ2n) is 6.52. The van der Waals surface area contributed by atoms with Gasteiger partial charge in [0.1, 0.15) is 0 Å². The van der Waals surface area contributed by atoms with Gasteiger partial charge >= 0.3 is 0 Å². The molecule has 0 radical (unpaired) electrons. The average Bonchev–Trinajstić information content (AvgIpc) is 3.19. The van der Waals surface area contributed by atoms with Crippen molar-refractivity contribution in [2.24, 2.45) is 0 Å². The molecular weight excluding hydrogens is 324 g/mol. The maximum absolute atomic E-state index is 13.0. The standard InChI is InChI=1S/C22H16N2O2/c25-21-17-11-5-6-12-18(17)22(26)24(21)23-19-13-7-4-10-16(19)14-20(23)15-8-2-1-3-9-15/h1-6,8-12,14H,7,13H2. The highest BCUT2D eigenvalue weighted by atomic mass is 16.2. The number of rotatable bonds is 2. The molecule has 1 aliphatic heterocycles. The molecule has 0 N–H and O–H groups in total. The first-order chi connectivity index (χ1) is 12.8. The number of amides is 2. The molecule has 1 aliphatic carbocycles. The van der Waals surface area contributed by atoms with Crippen molar-refractivity contribution in [3.8, 4) is 11.3 Å². The summed E-state index contributed by atoms with van der Waals surface area (Å²) in [6.45, 7) is 0. The van der Waals surface area contributed by atoms with E-state index in [9.17, 15) is 9.59 Å². The minimum absolute atomic E-state index is 0.268. The predicted octanol–water partition coefficient (Wildman–Crippen LogP) is 4.05. The number of aromatic nitrogens is 1. The summed E-state index contributed by atoms with van der Waals surface area (Å²) < 4.78 is 1.82. The molecule has 0 bridgehead atoms. The third-order valence-corrected chi connectivity index (χ3v) is 5.00. The van der Waals surface area contributed by atoms with Gasteiger partial charge in [0.15, 0.2) is 0 Å². The largest absolute Gasteiger partial charge is 0.281 e. The minimum atomic E-state index is -0.268. The van der Waals surface area contributed by atoms with Gasteiger partial charge in [-0.05, 0) is 36.6 Å². The molecule has 26 heavy (non-hydrogen) atoms. The van der Waals surface area contributed by atoms with Crippen molar-refractivity contribution in [2.75, 3.05) is 5.01 Å². The summed E-state index contributed by atoms with van der Waals surface area (Å²) in [5.41, 5.74) is 4.83. The summed E-state index contributed by atoms with van der Waals surface area (Å²) in [5, 5.41) is 1.30. The lowest BCUT2D eigenvalue weighted by atomic mass is 10.1. The molecule has 2 aromatic carbocycles. The minimum Gasteiger partial charge on any atom is -0.267 e. The molecule has 0 atom stereocenters. The summed E-state index contributed by atoms with van der Waals surface area (Å²) in [5.74, 6) is -0.536. The van der Waals surface area contributed by atoms with Crippen molar-refractivity contribution in [1.29, 1.82) is 0 Å². The Balaban J connectivity index is 1.75. The smallest absolute Gasteiger partial charge is 0.267 e. The van der Waals surface area contributed by atoms with Crippen LogP contribution in [-0.2, 0) is 6.42 Å². The average molecular weight is 340 g/mol. The van der Waals surface area contributed by atoms with Gasteiger partial charge < -0.3 is 0 Å². The Bertz CT molecular complexity index is 1040. The molecule has 1 aromatic heterocycles. The van der Waals surface area contributed by atoms with Gasteiger partial charge in [-0.1, -0.05) is 54.6 Å². The second-order valence-corrected chi connectivity index (χ2v) is 6.52. The molecule has 2 heterocycles. The van der Waals surface area contributed by atoms with Crippen LogP contribution in [0.2, 0.25) is 0 Å². The van der Waals surface area contributed by atoms with Gasteiger partial charge in [-0.15, -0.1) is 0 Å². The Labute approximate surface area is 151 Å². The number of nitrogens with zero attached hydrogens (tertiary/aromatic N) is 2. The summed E-state index contributed by atoms with van der Waals surface area (Å²) in [7, 11) is 0. The molecule has 2 aliphatic rings. The maximum atomic E-state index is 13.0. The molecule has 5 rings (SSSR count). The lowest BCUT2D eigenvalue weighted by Gasteiger charge is -2.23. The van der Waals surface area contributed by atoms with E-state index in [0.717, 1.165) is 35.4 Å². The fourth-order valence-electron chi connectivity index (χ4n) is 3.79. The first kappa shape index (κ1) is 14.9. The van der Waals surface area contributed by atoms with Crippen LogP contribution in [0.3, 0.4) is 0 Å². The first-order valence-electron chi connectivity index (χ1n) is 8.70. The number of hydrogen-bond acceptors (Lipinski definition) is 2. The highest BCUT2D eigenvalue weighted by molar-refractivity contribution is 6.30. The molecule has 0 saturated heterocycles. The van der Waals surface area contributed by atoms with Crippen LogP contribution >= 0.6 is 0 Å². The molecule has 4 heteroatoms. The highest BCUT2D eigenvalue weighted by Crippen LogP contribution is 2.33. The molecule has 2 amide bonds. The molecule has 0 unspecified atom stereocenters. The quantitative estimate of drug-likeness (QED) is 0.661. The van der Waals surface area contributed by atoms with E-state index in [1.807, 2.05) is 35.0 Å². The van der Waals surface area contributed by atoms with Crippen LogP contribution < -0.4 is 5.01 Å². The molecular formula is C22H16N2O2. The van der Waals surface area contributed by atoms with E-state index in [1.165, 1.54) is 5.01 Å². The summed E-state index contributed by atoms with van der Waals surface area (Å²) in [6, 6.07) is 19.0. The van der Waals surface area contributed by atoms with Crippen LogP contribution in [0.1, 0.15) is 38.4 Å². The van der Waals surface area contributed by atoms with Gasteiger partial charge in [0, 0.05) is 11.3 Å². The van der Waals surface area contributed by atoms with Crippen molar-refractivity contribution in [1.82, 2.24) is 4.68 Å². The van der Waals surface area contributed by atoms with Crippen molar-refractivity contribution in [3.63, 3.8) is 0 Å². The fraction of sp³-hybridized carbons (Fsp3) is 0.0909. The Hall–Kier alpha value is -3.40. The normalized spacial score (nSPS) is 15.3. The predicted molar refractivity (Wildman–Crippen MR) is 101 cm³/mol. The number of fused-ring (bicyclic) bond motifs is 2. The van der Waals surface area contributed by atoms with Crippen LogP contribution in [0.15, 0.2) is 66.7 Å². The molecule has 3 aromatic rings. The van der Waals surface area contributed by atoms with Crippen LogP contribution in [0.25, 0.3) is 17.3 Å². The zero-order valence-electron chi connectivity index (χ0n) is 14.1. The fourth-order valence-corrected chi connectivity index (χ4v) is 3.79. The number of carbonyl (C=O) groups is 2. The van der Waals surface area contributed by atoms with E-state index in [-0.39, 0.29) is 11.8 Å². The van der Waals surface area contributed by atoms with E-state index in [0.29, 0.717) is 11.1 Å². The van der Waals surface area contributed by atoms with Gasteiger partial charge in [-0.25, -0.2) is 4.68 Å². The summed E-state index contributed by atoms with van der Waals surface area (Å²) in [4.78, 5) is 26.1. The number of allylic oxidation sites excluding steroid dienone is 1. The number of benzene rings is 2. The molecule has 0 saturated carbocycles. The van der Waals surface area contributed by atoms with E-state index < -0.39 is 0 Å². The Morgan fingerprint density at radius 2 is 1.46 bits per heavy atom. The van der Waals surface area contributed by atoms with E-state index >= 15 is 0 Å². The SMILES string of the molecule is O=C1c2ccccc2C(=O)N1n1c(-c2ccccc2)cc2c1CCC=C2. The van der Waals surface area contributed by atoms with Crippen molar-refractivity contribution < 1.29 is 9.59 Å². The lowest BCUT2D eigenvalue weighted by molar-refractivity contribution is 0.0885. The highest BCUT2D eigenvalue weighted by Gasteiger charge is 2.39. The topological polar surface area (TPSA) is 42.3 Å². The summed E-state index contributed by atoms with van der Waals surface area (Å²) in [6.07, 6.45) is 5.89. The Morgan fingerprint density at radius 1 is 0.808 bits per heavy atom. The Morgan fingerprint density at radius 3 is 2.15 bits per heavy atom. The summed E-state index contributed by atoms with van der Waals surface area (Å²) >= 11 is 0. The molecule has 4 nitrogen and oxygen atoms in total. The van der Waals surface area contributed by atoms with Crippen molar-refractivity contribution >= 4 is 17.9 Å². The lowest BCUT2D eigenvalue weighted by Crippen LogP contribution is -2.41. The zero-order valence-corrected chi connectivity index (χ0v) is 14.1. The van der Waals surface area contributed by atoms with Crippen LogP contribution in [0.4, 0.5) is 0 Å². The Kier molecular flexibility index (Phi) is 3.19. The van der Waals surface area contributed by atoms with Crippen LogP contribution in [0.5, 0.6) is 0 Å². The first-order valence-corrected chi connectivity index (χ1v) is 8.70. The van der Waals surface area contributed by atoms with Gasteiger partial charge in [0.25, 0.3) is 11.8 Å². The number of carbonyl (C=O) groups excluding carboxylic acids is 2. The van der Waals surface area contributed by atoms with E-state index in [1.54, 1.807) is 24.3 Å². The van der Waals surface area contributed by atoms with Crippen molar-refractivity contribution in [2.45, 2.75) is 12.8 Å². The van der Waals surface area contributed by atoms with E-state index in [2.05, 4.69) is 18.2 Å². The second kappa shape index (κ2) is 5.56. The number of hydrogen-bond donors (Lipinski definition) is 0. The monoisotopic (exact) mass is 340 g/mol. The third kappa shape index (κ3) is 2.02. The van der Waals surface area contributed by atoms with Gasteiger partial charge in [-0.2, -0.15) is 5.01 Å². The maximum Gasteiger partial charge on any atom is 0.281 e. The van der Waals surface area contributed by atoms with Crippen LogP contribution in [-0.4, -0.2) is 16.5 Å². The van der Waals surface area contributed by atoms with Gasteiger partial charge in [0.2, 0.25) is 0 Å². The van der Waals surface area contributed by atoms with Gasteiger partial charge in [-0.3, -0.25) is 9.59 Å². The van der Waals surface area contributed by atoms with Crippen molar-refractivity contribution in [3.05, 3.63) is 89.1 Å². The third-order valence-electron chi connectivity index (χ3n) is 5.00. The van der Waals surface area contributed by atoms with E-state index in [4.69, 9.17) is 0 Å². The zero-order chi connectivity index (χ0) is 17.7. The molecule has 0 spiro atoms. The van der Waals surface area contributed by atoms with Gasteiger partial charge in [0.05, 0.1) is 16.8 Å². The van der Waals surface area contributed by atoms with Crippen LogP contribution in [0, 0.1) is 0 Å². The molecule has 126 valence electrons. The number of imide groups is 1.